The Morgan fingerprint density at radius 1 is 1.10 bits per heavy atom. The first-order chi connectivity index (χ1) is 9.75. The van der Waals surface area contributed by atoms with Crippen LogP contribution >= 0.6 is 0 Å². The minimum Gasteiger partial charge on any atom is -0.457 e. The van der Waals surface area contributed by atoms with Crippen LogP contribution in [0.5, 0.6) is 0 Å². The lowest BCUT2D eigenvalue weighted by Crippen LogP contribution is -2.53. The molecule has 4 fully saturated rings. The Morgan fingerprint density at radius 2 is 1.57 bits per heavy atom. The zero-order valence-corrected chi connectivity index (χ0v) is 14.0. The van der Waals surface area contributed by atoms with Gasteiger partial charge in [-0.25, -0.2) is 4.79 Å². The van der Waals surface area contributed by atoms with Crippen molar-refractivity contribution in [3.8, 4) is 0 Å². The van der Waals surface area contributed by atoms with Crippen LogP contribution in [0, 0.1) is 23.2 Å². The molecule has 0 radical (unpaired) electrons. The molecule has 0 aromatic heterocycles. The Kier molecular flexibility index (Phi) is 3.84. The Bertz CT molecular complexity index is 372. The number of hydrogen-bond donors (Lipinski definition) is 0. The van der Waals surface area contributed by atoms with E-state index in [9.17, 15) is 4.79 Å². The van der Waals surface area contributed by atoms with Crippen LogP contribution in [0.15, 0.2) is 0 Å². The number of esters is 1. The summed E-state index contributed by atoms with van der Waals surface area (Å²) >= 11 is 0. The number of carbonyl (C=O) groups excluding carboxylic acids is 1. The van der Waals surface area contributed by atoms with Gasteiger partial charge in [0, 0.05) is 0 Å². The van der Waals surface area contributed by atoms with E-state index in [0.717, 1.165) is 37.0 Å². The third kappa shape index (κ3) is 3.44. The lowest BCUT2D eigenvalue weighted by Gasteiger charge is -2.55. The van der Waals surface area contributed by atoms with Crippen LogP contribution in [-0.4, -0.2) is 24.3 Å². The molecule has 4 aliphatic rings. The number of ether oxygens (including phenoxy) is 2. The number of carbonyl (C=O) groups is 1. The molecule has 1 unspecified atom stereocenters. The molecule has 0 aromatic rings. The van der Waals surface area contributed by atoms with E-state index in [1.807, 2.05) is 6.92 Å². The molecule has 0 amide bonds. The molecule has 4 aliphatic carbocycles. The molecule has 1 atom stereocenters. The molecule has 4 rings (SSSR count). The Hall–Kier alpha value is -0.570. The van der Waals surface area contributed by atoms with Gasteiger partial charge >= 0.3 is 5.97 Å². The molecule has 3 heteroatoms. The van der Waals surface area contributed by atoms with Gasteiger partial charge in [0.1, 0.15) is 5.60 Å². The molecule has 4 saturated carbocycles. The summed E-state index contributed by atoms with van der Waals surface area (Å²) in [5.74, 6) is 2.25. The minimum atomic E-state index is -0.447. The van der Waals surface area contributed by atoms with E-state index in [-0.39, 0.29) is 17.0 Å². The third-order valence-electron chi connectivity index (χ3n) is 5.40. The van der Waals surface area contributed by atoms with E-state index in [4.69, 9.17) is 9.47 Å². The summed E-state index contributed by atoms with van der Waals surface area (Å²) in [5, 5.41) is 0. The van der Waals surface area contributed by atoms with Crippen molar-refractivity contribution in [1.82, 2.24) is 0 Å². The van der Waals surface area contributed by atoms with Crippen LogP contribution < -0.4 is 0 Å². The second-order valence-electron chi connectivity index (χ2n) is 9.04. The van der Waals surface area contributed by atoms with Gasteiger partial charge in [-0.05, 0) is 68.6 Å². The van der Waals surface area contributed by atoms with Gasteiger partial charge in [-0.1, -0.05) is 20.8 Å². The fourth-order valence-corrected chi connectivity index (χ4v) is 4.90. The Balaban J connectivity index is 1.57. The highest BCUT2D eigenvalue weighted by Crippen LogP contribution is 2.57. The van der Waals surface area contributed by atoms with E-state index in [1.165, 1.54) is 19.3 Å². The topological polar surface area (TPSA) is 35.5 Å². The van der Waals surface area contributed by atoms with Crippen LogP contribution in [0.3, 0.4) is 0 Å². The smallest absolute Gasteiger partial charge is 0.335 e. The molecule has 4 bridgehead atoms. The highest BCUT2D eigenvalue weighted by molar-refractivity contribution is 5.74. The number of hydrogen-bond acceptors (Lipinski definition) is 3. The summed E-state index contributed by atoms with van der Waals surface area (Å²) in [6, 6.07) is 0. The van der Waals surface area contributed by atoms with Crippen LogP contribution in [0.2, 0.25) is 0 Å². The van der Waals surface area contributed by atoms with Gasteiger partial charge in [0.05, 0.1) is 6.61 Å². The molecular formula is C18H30O3. The first-order valence-electron chi connectivity index (χ1n) is 8.59. The van der Waals surface area contributed by atoms with Gasteiger partial charge in [-0.2, -0.15) is 0 Å². The van der Waals surface area contributed by atoms with Crippen molar-refractivity contribution in [3.63, 3.8) is 0 Å². The van der Waals surface area contributed by atoms with Crippen molar-refractivity contribution >= 4 is 5.97 Å². The first-order valence-corrected chi connectivity index (χ1v) is 8.59. The number of rotatable bonds is 4. The van der Waals surface area contributed by atoms with Gasteiger partial charge in [0.2, 0.25) is 0 Å². The standard InChI is InChI=1S/C18H30O3/c1-12(20-11-17(2,3)4)16(19)21-18-8-13-5-14(9-18)7-15(6-13)10-18/h12-15H,5-11H2,1-4H3. The average molecular weight is 294 g/mol. The van der Waals surface area contributed by atoms with Crippen LogP contribution in [-0.2, 0) is 14.3 Å². The predicted octanol–water partition coefficient (Wildman–Crippen LogP) is 3.95. The molecule has 3 nitrogen and oxygen atoms in total. The fourth-order valence-electron chi connectivity index (χ4n) is 4.90. The molecule has 120 valence electrons. The van der Waals surface area contributed by atoms with Crippen LogP contribution in [0.25, 0.3) is 0 Å². The maximum Gasteiger partial charge on any atom is 0.335 e. The lowest BCUT2D eigenvalue weighted by molar-refractivity contribution is -0.197. The maximum atomic E-state index is 12.4. The average Bonchev–Trinajstić information content (AvgIpc) is 2.32. The molecule has 0 aromatic carbocycles. The van der Waals surface area contributed by atoms with E-state index >= 15 is 0 Å². The van der Waals surface area contributed by atoms with Crippen LogP contribution in [0.1, 0.15) is 66.2 Å². The van der Waals surface area contributed by atoms with Crippen molar-refractivity contribution in [2.24, 2.45) is 23.2 Å². The molecule has 0 aliphatic heterocycles. The molecule has 21 heavy (non-hydrogen) atoms. The summed E-state index contributed by atoms with van der Waals surface area (Å²) in [6.45, 7) is 8.76. The second-order valence-corrected chi connectivity index (χ2v) is 9.04. The molecular weight excluding hydrogens is 264 g/mol. The highest BCUT2D eigenvalue weighted by atomic mass is 16.6. The zero-order chi connectivity index (χ0) is 15.3. The second kappa shape index (κ2) is 5.26. The largest absolute Gasteiger partial charge is 0.457 e. The van der Waals surface area contributed by atoms with Crippen molar-refractivity contribution in [1.29, 1.82) is 0 Å². The van der Waals surface area contributed by atoms with Gasteiger partial charge < -0.3 is 9.47 Å². The summed E-state index contributed by atoms with van der Waals surface area (Å²) in [7, 11) is 0. The SMILES string of the molecule is CC(OCC(C)(C)C)C(=O)OC12CC3CC(CC(C3)C1)C2. The monoisotopic (exact) mass is 294 g/mol. The van der Waals surface area contributed by atoms with Crippen molar-refractivity contribution in [2.75, 3.05) is 6.61 Å². The van der Waals surface area contributed by atoms with Gasteiger partial charge in [-0.15, -0.1) is 0 Å². The fraction of sp³-hybridized carbons (Fsp3) is 0.944. The first kappa shape index (κ1) is 15.3. The highest BCUT2D eigenvalue weighted by Gasteiger charge is 2.53. The van der Waals surface area contributed by atoms with Crippen molar-refractivity contribution in [3.05, 3.63) is 0 Å². The Labute approximate surface area is 128 Å². The van der Waals surface area contributed by atoms with E-state index in [0.29, 0.717) is 6.61 Å². The van der Waals surface area contributed by atoms with E-state index in [1.54, 1.807) is 0 Å². The lowest BCUT2D eigenvalue weighted by atomic mass is 9.54. The van der Waals surface area contributed by atoms with Crippen molar-refractivity contribution < 1.29 is 14.3 Å². The predicted molar refractivity (Wildman–Crippen MR) is 81.9 cm³/mol. The van der Waals surface area contributed by atoms with E-state index in [2.05, 4.69) is 20.8 Å². The van der Waals surface area contributed by atoms with Crippen molar-refractivity contribution in [2.45, 2.75) is 77.9 Å². The molecule has 0 saturated heterocycles. The molecule has 0 spiro atoms. The normalized spacial score (nSPS) is 39.3. The van der Waals surface area contributed by atoms with Gasteiger partial charge in [-0.3, -0.25) is 0 Å². The summed E-state index contributed by atoms with van der Waals surface area (Å²) < 4.78 is 11.7. The molecule has 0 heterocycles. The third-order valence-corrected chi connectivity index (χ3v) is 5.40. The summed E-state index contributed by atoms with van der Waals surface area (Å²) in [6.07, 6.45) is 6.94. The summed E-state index contributed by atoms with van der Waals surface area (Å²) in [5.41, 5.74) is -0.0690. The minimum absolute atomic E-state index is 0.0786. The van der Waals surface area contributed by atoms with Crippen LogP contribution in [0.4, 0.5) is 0 Å². The quantitative estimate of drug-likeness (QED) is 0.736. The van der Waals surface area contributed by atoms with Gasteiger partial charge in [0.25, 0.3) is 0 Å². The van der Waals surface area contributed by atoms with E-state index < -0.39 is 6.10 Å². The zero-order valence-electron chi connectivity index (χ0n) is 14.0. The summed E-state index contributed by atoms with van der Waals surface area (Å²) in [4.78, 5) is 12.4. The maximum absolute atomic E-state index is 12.4. The van der Waals surface area contributed by atoms with Gasteiger partial charge in [0.15, 0.2) is 6.10 Å². The Morgan fingerprint density at radius 3 is 2.00 bits per heavy atom. The molecule has 0 N–H and O–H groups in total.